The molecule has 3 saturated heterocycles. The molecule has 5 aromatic rings. The molecule has 16 heteroatoms. The van der Waals surface area contributed by atoms with E-state index in [-0.39, 0.29) is 41.8 Å². The number of benzene rings is 3. The fourth-order valence-corrected chi connectivity index (χ4v) is 9.97. The molecule has 62 heavy (non-hydrogen) atoms. The second kappa shape index (κ2) is 17.0. The molecule has 3 aromatic carbocycles. The van der Waals surface area contributed by atoms with Gasteiger partial charge in [0.15, 0.2) is 0 Å². The van der Waals surface area contributed by atoms with Gasteiger partial charge in [-0.3, -0.25) is 9.59 Å². The van der Waals surface area contributed by atoms with Crippen LogP contribution < -0.4 is 15.4 Å². The SMILES string of the molecule is CCC(NC(=O)OC)C(=O)N1CC(C)CC1c1ncc(-c2ccc3c(c2)COc2cc4c(ccc5[nH]c(C6CCC(C)N6C(=O)C(NC(=O)OC)C6CCOCC6)nc54)cc2-3)[nH]1. The number of alkyl carbamates (subject to hydrolysis) is 2. The summed E-state index contributed by atoms with van der Waals surface area (Å²) in [6.45, 7) is 8.08. The van der Waals surface area contributed by atoms with Gasteiger partial charge in [-0.25, -0.2) is 19.6 Å². The number of aromatic amines is 2. The molecule has 326 valence electrons. The number of imidazole rings is 2. The summed E-state index contributed by atoms with van der Waals surface area (Å²) < 4.78 is 21.7. The van der Waals surface area contributed by atoms with Crippen LogP contribution in [0, 0.1) is 11.8 Å². The number of aromatic nitrogens is 4. The second-order valence-electron chi connectivity index (χ2n) is 17.2. The molecule has 4 aliphatic rings. The van der Waals surface area contributed by atoms with Crippen molar-refractivity contribution in [3.63, 3.8) is 0 Å². The van der Waals surface area contributed by atoms with E-state index in [1.54, 1.807) is 0 Å². The third-order valence-corrected chi connectivity index (χ3v) is 13.3. The average Bonchev–Trinajstić information content (AvgIpc) is 4.12. The van der Waals surface area contributed by atoms with E-state index < -0.39 is 24.3 Å². The Morgan fingerprint density at radius 2 is 1.68 bits per heavy atom. The summed E-state index contributed by atoms with van der Waals surface area (Å²) in [5, 5.41) is 7.49. The van der Waals surface area contributed by atoms with Crippen LogP contribution in [-0.2, 0) is 30.4 Å². The minimum atomic E-state index is -0.721. The van der Waals surface area contributed by atoms with Crippen molar-refractivity contribution in [2.24, 2.45) is 11.8 Å². The predicted octanol–water partition coefficient (Wildman–Crippen LogP) is 6.91. The van der Waals surface area contributed by atoms with E-state index in [1.807, 2.05) is 29.0 Å². The highest BCUT2D eigenvalue weighted by Crippen LogP contribution is 2.44. The zero-order valence-corrected chi connectivity index (χ0v) is 35.8. The predicted molar refractivity (Wildman–Crippen MR) is 230 cm³/mol. The lowest BCUT2D eigenvalue weighted by molar-refractivity contribution is -0.138. The monoisotopic (exact) mass is 846 g/mol. The third kappa shape index (κ3) is 7.58. The number of H-pyrrole nitrogens is 2. The van der Waals surface area contributed by atoms with E-state index in [0.717, 1.165) is 80.6 Å². The minimum Gasteiger partial charge on any atom is -0.488 e. The van der Waals surface area contributed by atoms with Crippen LogP contribution in [0.3, 0.4) is 0 Å². The first-order valence-corrected chi connectivity index (χ1v) is 21.7. The highest BCUT2D eigenvalue weighted by Gasteiger charge is 2.43. The summed E-state index contributed by atoms with van der Waals surface area (Å²) in [4.78, 5) is 73.0. The Bertz CT molecular complexity index is 2530. The van der Waals surface area contributed by atoms with Gasteiger partial charge in [-0.1, -0.05) is 32.0 Å². The molecule has 0 spiro atoms. The zero-order chi connectivity index (χ0) is 43.2. The number of ether oxygens (including phenoxy) is 4. The molecule has 4 amide bonds. The van der Waals surface area contributed by atoms with Gasteiger partial charge in [-0.2, -0.15) is 0 Å². The van der Waals surface area contributed by atoms with Crippen LogP contribution in [0.1, 0.15) is 88.6 Å². The van der Waals surface area contributed by atoms with Gasteiger partial charge in [0.25, 0.3) is 0 Å². The lowest BCUT2D eigenvalue weighted by Crippen LogP contribution is -2.54. The van der Waals surface area contributed by atoms with Gasteiger partial charge in [-0.05, 0) is 104 Å². The summed E-state index contributed by atoms with van der Waals surface area (Å²) in [5.74, 6) is 2.13. The molecule has 6 heterocycles. The van der Waals surface area contributed by atoms with E-state index in [9.17, 15) is 19.2 Å². The fraction of sp³-hybridized carbons (Fsp3) is 0.478. The molecule has 16 nitrogen and oxygen atoms in total. The van der Waals surface area contributed by atoms with Crippen LogP contribution in [0.25, 0.3) is 44.2 Å². The molecule has 6 atom stereocenters. The third-order valence-electron chi connectivity index (χ3n) is 13.3. The lowest BCUT2D eigenvalue weighted by atomic mass is 9.90. The Hall–Kier alpha value is -6.16. The molecule has 4 aliphatic heterocycles. The number of nitrogens with zero attached hydrogens (tertiary/aromatic N) is 4. The Morgan fingerprint density at radius 3 is 2.45 bits per heavy atom. The van der Waals surface area contributed by atoms with Crippen LogP contribution >= 0.6 is 0 Å². The van der Waals surface area contributed by atoms with Crippen LogP contribution in [0.4, 0.5) is 9.59 Å². The number of rotatable bonds is 9. The number of carbonyl (C=O) groups excluding carboxylic acids is 4. The second-order valence-corrected chi connectivity index (χ2v) is 17.2. The molecular formula is C46H54N8O8. The summed E-state index contributed by atoms with van der Waals surface area (Å²) in [6, 6.07) is 12.7. The Morgan fingerprint density at radius 1 is 0.887 bits per heavy atom. The summed E-state index contributed by atoms with van der Waals surface area (Å²) in [6.07, 6.45) is 4.67. The molecule has 0 aliphatic carbocycles. The van der Waals surface area contributed by atoms with Crippen LogP contribution in [0.5, 0.6) is 5.75 Å². The van der Waals surface area contributed by atoms with Crippen molar-refractivity contribution in [2.75, 3.05) is 34.0 Å². The molecule has 0 bridgehead atoms. The van der Waals surface area contributed by atoms with Crippen LogP contribution in [-0.4, -0.2) is 106 Å². The van der Waals surface area contributed by atoms with E-state index in [4.69, 9.17) is 28.9 Å². The molecule has 0 radical (unpaired) electrons. The molecule has 0 saturated carbocycles. The fourth-order valence-electron chi connectivity index (χ4n) is 9.97. The number of fused-ring (bicyclic) bond motifs is 6. The van der Waals surface area contributed by atoms with Gasteiger partial charge >= 0.3 is 12.2 Å². The van der Waals surface area contributed by atoms with Crippen LogP contribution in [0.2, 0.25) is 0 Å². The Kier molecular flexibility index (Phi) is 11.3. The number of methoxy groups -OCH3 is 2. The van der Waals surface area contributed by atoms with E-state index >= 15 is 0 Å². The Balaban J connectivity index is 0.964. The van der Waals surface area contributed by atoms with Gasteiger partial charge < -0.3 is 49.3 Å². The summed E-state index contributed by atoms with van der Waals surface area (Å²) in [7, 11) is 2.60. The van der Waals surface area contributed by atoms with Crippen LogP contribution in [0.15, 0.2) is 48.7 Å². The average molecular weight is 847 g/mol. The van der Waals surface area contributed by atoms with Crippen molar-refractivity contribution < 1.29 is 38.1 Å². The van der Waals surface area contributed by atoms with Crippen molar-refractivity contribution >= 4 is 45.8 Å². The minimum absolute atomic E-state index is 0.0375. The van der Waals surface area contributed by atoms with Crippen molar-refractivity contribution in [3.05, 3.63) is 65.9 Å². The molecule has 9 rings (SSSR count). The van der Waals surface area contributed by atoms with Crippen molar-refractivity contribution in [2.45, 2.75) is 96.1 Å². The maximum absolute atomic E-state index is 14.4. The quantitative estimate of drug-likeness (QED) is 0.121. The van der Waals surface area contributed by atoms with E-state index in [2.05, 4.69) is 70.8 Å². The number of likely N-dealkylation sites (tertiary alicyclic amines) is 2. The first kappa shape index (κ1) is 41.2. The largest absolute Gasteiger partial charge is 0.488 e. The molecule has 2 aromatic heterocycles. The first-order chi connectivity index (χ1) is 30.0. The number of amides is 4. The van der Waals surface area contributed by atoms with Crippen molar-refractivity contribution in [1.29, 1.82) is 0 Å². The lowest BCUT2D eigenvalue weighted by Gasteiger charge is -2.36. The number of nitrogens with one attached hydrogen (secondary N) is 4. The van der Waals surface area contributed by atoms with Gasteiger partial charge in [0.2, 0.25) is 11.8 Å². The molecular weight excluding hydrogens is 793 g/mol. The van der Waals surface area contributed by atoms with Gasteiger partial charge in [0.05, 0.1) is 49.2 Å². The topological polar surface area (TPSA) is 193 Å². The van der Waals surface area contributed by atoms with E-state index in [0.29, 0.717) is 51.5 Å². The number of hydrogen-bond donors (Lipinski definition) is 4. The molecule has 4 N–H and O–H groups in total. The highest BCUT2D eigenvalue weighted by atomic mass is 16.5. The van der Waals surface area contributed by atoms with Gasteiger partial charge in [0.1, 0.15) is 36.1 Å². The molecule has 3 fully saturated rings. The number of carbonyl (C=O) groups is 4. The van der Waals surface area contributed by atoms with Crippen molar-refractivity contribution in [3.8, 4) is 28.1 Å². The van der Waals surface area contributed by atoms with Crippen molar-refractivity contribution in [1.82, 2.24) is 40.4 Å². The normalized spacial score (nSPS) is 22.1. The highest BCUT2D eigenvalue weighted by molar-refractivity contribution is 6.07. The maximum atomic E-state index is 14.4. The summed E-state index contributed by atoms with van der Waals surface area (Å²) >= 11 is 0. The maximum Gasteiger partial charge on any atom is 0.407 e. The number of hydrogen-bond acceptors (Lipinski definition) is 10. The summed E-state index contributed by atoms with van der Waals surface area (Å²) in [5.41, 5.74) is 6.59. The van der Waals surface area contributed by atoms with Gasteiger partial charge in [0, 0.05) is 36.8 Å². The van der Waals surface area contributed by atoms with Gasteiger partial charge in [-0.15, -0.1) is 0 Å². The molecule has 6 unspecified atom stereocenters. The smallest absolute Gasteiger partial charge is 0.407 e. The Labute approximate surface area is 359 Å². The first-order valence-electron chi connectivity index (χ1n) is 21.7. The standard InChI is InChI=1S/C46H54N8O8/c1-6-33(50-45(57)59-4)43(55)53-22-24(2)17-37(53)41-47-21-35(49-41)28-8-10-30-29(18-28)23-62-38-20-31-27(19-32(30)38)9-11-34-40(31)51-42(48-34)36-12-7-25(3)54(36)44(56)39(52-46(58)60-5)26-13-15-61-16-14-26/h8-11,18-21,24-26,33,36-37,39H,6-7,12-17,22-23H2,1-5H3,(H,47,49)(H,48,51)(H,50,57)(H,52,58). The zero-order valence-electron chi connectivity index (χ0n) is 35.8. The van der Waals surface area contributed by atoms with E-state index in [1.165, 1.54) is 14.2 Å².